The number of non-ortho nitro benzene ring substituents is 1. The minimum atomic E-state index is -0.499. The minimum Gasteiger partial charge on any atom is -0.395 e. The Bertz CT molecular complexity index is 967. The van der Waals surface area contributed by atoms with E-state index in [-0.39, 0.29) is 18.0 Å². The Hall–Kier alpha value is -3.59. The Morgan fingerprint density at radius 1 is 1.17 bits per heavy atom. The summed E-state index contributed by atoms with van der Waals surface area (Å²) in [6.45, 7) is 5.08. The molecule has 0 aliphatic carbocycles. The molecule has 9 nitrogen and oxygen atoms in total. The second-order valence-electron chi connectivity index (χ2n) is 6.36. The third kappa shape index (κ3) is 4.30. The molecule has 1 heterocycles. The fourth-order valence-electron chi connectivity index (χ4n) is 2.97. The summed E-state index contributed by atoms with van der Waals surface area (Å²) in [5.41, 5.74) is 2.63. The molecule has 0 saturated heterocycles. The highest BCUT2D eigenvalue weighted by Crippen LogP contribution is 2.25. The summed E-state index contributed by atoms with van der Waals surface area (Å²) >= 11 is 0. The van der Waals surface area contributed by atoms with Crippen molar-refractivity contribution in [2.75, 3.05) is 29.6 Å². The van der Waals surface area contributed by atoms with Crippen LogP contribution in [0.2, 0.25) is 0 Å². The number of carbonyl (C=O) groups excluding carboxylic acids is 1. The first-order valence-electron chi connectivity index (χ1n) is 9.13. The van der Waals surface area contributed by atoms with E-state index in [2.05, 4.69) is 10.1 Å². The largest absolute Gasteiger partial charge is 0.395 e. The molecule has 2 aromatic rings. The summed E-state index contributed by atoms with van der Waals surface area (Å²) in [4.78, 5) is 29.5. The van der Waals surface area contributed by atoms with Gasteiger partial charge in [-0.15, -0.1) is 0 Å². The second kappa shape index (κ2) is 8.61. The van der Waals surface area contributed by atoms with Crippen molar-refractivity contribution in [2.45, 2.75) is 13.8 Å². The van der Waals surface area contributed by atoms with Gasteiger partial charge in [-0.3, -0.25) is 14.9 Å². The van der Waals surface area contributed by atoms with Gasteiger partial charge < -0.3 is 10.0 Å². The molecule has 0 bridgehead atoms. The molecule has 2 aromatic carbocycles. The van der Waals surface area contributed by atoms with Crippen molar-refractivity contribution in [3.8, 4) is 0 Å². The van der Waals surface area contributed by atoms with Crippen LogP contribution in [0.3, 0.4) is 0 Å². The highest BCUT2D eigenvalue weighted by Gasteiger charge is 2.30. The number of anilines is 2. The van der Waals surface area contributed by atoms with Gasteiger partial charge in [-0.25, -0.2) is 4.99 Å². The number of nitro benzene ring substituents is 1. The number of aliphatic imine (C=N–C) groups is 1. The SMILES string of the molecule is CCN(CCO)c1ccc(N=C2C(=O)N(c3ccc([N+](=O)[O-])cc3)N=C2C)cc1. The van der Waals surface area contributed by atoms with Gasteiger partial charge in [-0.1, -0.05) is 0 Å². The number of likely N-dealkylation sites (N-methyl/N-ethyl adjacent to an activating group) is 1. The van der Waals surface area contributed by atoms with Gasteiger partial charge in [-0.05, 0) is 50.2 Å². The first kappa shape index (κ1) is 20.2. The Morgan fingerprint density at radius 2 is 1.83 bits per heavy atom. The van der Waals surface area contributed by atoms with Crippen LogP contribution in [0.15, 0.2) is 58.6 Å². The summed E-state index contributed by atoms with van der Waals surface area (Å²) in [5, 5.41) is 25.4. The van der Waals surface area contributed by atoms with Crippen molar-refractivity contribution < 1.29 is 14.8 Å². The number of benzene rings is 2. The maximum atomic E-state index is 12.8. The topological polar surface area (TPSA) is 112 Å². The molecule has 1 N–H and O–H groups in total. The zero-order chi connectivity index (χ0) is 21.0. The number of aliphatic hydroxyl groups is 1. The van der Waals surface area contributed by atoms with Gasteiger partial charge in [0.25, 0.3) is 11.6 Å². The number of rotatable bonds is 7. The molecule has 1 aliphatic heterocycles. The molecule has 9 heteroatoms. The van der Waals surface area contributed by atoms with Crippen LogP contribution in [0.4, 0.5) is 22.7 Å². The zero-order valence-corrected chi connectivity index (χ0v) is 16.1. The third-order valence-corrected chi connectivity index (χ3v) is 4.50. The molecule has 0 atom stereocenters. The van der Waals surface area contributed by atoms with E-state index in [9.17, 15) is 14.9 Å². The maximum Gasteiger partial charge on any atom is 0.299 e. The lowest BCUT2D eigenvalue weighted by molar-refractivity contribution is -0.384. The summed E-state index contributed by atoms with van der Waals surface area (Å²) in [7, 11) is 0. The summed E-state index contributed by atoms with van der Waals surface area (Å²) < 4.78 is 0. The van der Waals surface area contributed by atoms with Gasteiger partial charge >= 0.3 is 0 Å². The van der Waals surface area contributed by atoms with Crippen LogP contribution >= 0.6 is 0 Å². The first-order chi connectivity index (χ1) is 13.9. The number of aliphatic hydroxyl groups excluding tert-OH is 1. The number of carbonyl (C=O) groups is 1. The lowest BCUT2D eigenvalue weighted by Crippen LogP contribution is -2.27. The van der Waals surface area contributed by atoms with Crippen LogP contribution in [-0.4, -0.2) is 47.1 Å². The summed E-state index contributed by atoms with van der Waals surface area (Å²) in [6, 6.07) is 13.0. The van der Waals surface area contributed by atoms with Crippen LogP contribution in [0.5, 0.6) is 0 Å². The molecule has 0 fully saturated rings. The lowest BCUT2D eigenvalue weighted by Gasteiger charge is -2.21. The number of hydrazone groups is 1. The fourth-order valence-corrected chi connectivity index (χ4v) is 2.97. The molecule has 0 spiro atoms. The lowest BCUT2D eigenvalue weighted by atomic mass is 10.2. The Kier molecular flexibility index (Phi) is 5.99. The monoisotopic (exact) mass is 395 g/mol. The summed E-state index contributed by atoms with van der Waals surface area (Å²) in [6.07, 6.45) is 0. The van der Waals surface area contributed by atoms with Gasteiger partial charge in [0, 0.05) is 30.9 Å². The highest BCUT2D eigenvalue weighted by molar-refractivity contribution is 6.71. The predicted octanol–water partition coefficient (Wildman–Crippen LogP) is 2.91. The van der Waals surface area contributed by atoms with Gasteiger partial charge in [0.2, 0.25) is 0 Å². The van der Waals surface area contributed by atoms with Crippen molar-refractivity contribution in [1.29, 1.82) is 0 Å². The third-order valence-electron chi connectivity index (χ3n) is 4.50. The number of nitro groups is 1. The molecule has 0 radical (unpaired) electrons. The second-order valence-corrected chi connectivity index (χ2v) is 6.36. The molecule has 150 valence electrons. The minimum absolute atomic E-state index is 0.0580. The Balaban J connectivity index is 1.81. The van der Waals surface area contributed by atoms with Crippen molar-refractivity contribution in [2.24, 2.45) is 10.1 Å². The number of nitrogens with zero attached hydrogens (tertiary/aromatic N) is 5. The number of hydrogen-bond donors (Lipinski definition) is 1. The van der Waals surface area contributed by atoms with Crippen LogP contribution < -0.4 is 9.91 Å². The predicted molar refractivity (Wildman–Crippen MR) is 112 cm³/mol. The van der Waals surface area contributed by atoms with E-state index >= 15 is 0 Å². The average Bonchev–Trinajstić information content (AvgIpc) is 3.01. The quantitative estimate of drug-likeness (QED) is 0.572. The van der Waals surface area contributed by atoms with Crippen LogP contribution in [0.25, 0.3) is 0 Å². The van der Waals surface area contributed by atoms with Crippen molar-refractivity contribution in [3.05, 3.63) is 58.6 Å². The van der Waals surface area contributed by atoms with Gasteiger partial charge in [0.1, 0.15) is 0 Å². The number of hydrogen-bond acceptors (Lipinski definition) is 7. The van der Waals surface area contributed by atoms with Crippen molar-refractivity contribution in [1.82, 2.24) is 0 Å². The molecule has 3 rings (SSSR count). The molecule has 29 heavy (non-hydrogen) atoms. The van der Waals surface area contributed by atoms with E-state index in [0.717, 1.165) is 12.2 Å². The van der Waals surface area contributed by atoms with Crippen LogP contribution in [0, 0.1) is 10.1 Å². The molecular formula is C20H21N5O4. The average molecular weight is 395 g/mol. The molecule has 1 aliphatic rings. The highest BCUT2D eigenvalue weighted by atomic mass is 16.6. The van der Waals surface area contributed by atoms with Crippen molar-refractivity contribution >= 4 is 40.1 Å². The Morgan fingerprint density at radius 3 is 2.38 bits per heavy atom. The van der Waals surface area contributed by atoms with E-state index in [1.165, 1.54) is 29.3 Å². The van der Waals surface area contributed by atoms with E-state index in [4.69, 9.17) is 5.11 Å². The van der Waals surface area contributed by atoms with Crippen LogP contribution in [-0.2, 0) is 4.79 Å². The standard InChI is InChI=1S/C20H21N5O4/c1-3-23(12-13-26)16-6-4-15(5-7-16)21-19-14(2)22-24(20(19)27)17-8-10-18(11-9-17)25(28)29/h4-11,26H,3,12-13H2,1-2H3. The van der Waals surface area contributed by atoms with Crippen LogP contribution in [0.1, 0.15) is 13.8 Å². The first-order valence-corrected chi connectivity index (χ1v) is 9.13. The molecule has 1 amide bonds. The van der Waals surface area contributed by atoms with Crippen molar-refractivity contribution in [3.63, 3.8) is 0 Å². The van der Waals surface area contributed by atoms with Gasteiger partial charge in [0.15, 0.2) is 5.71 Å². The van der Waals surface area contributed by atoms with E-state index < -0.39 is 10.8 Å². The zero-order valence-electron chi connectivity index (χ0n) is 16.1. The Labute approximate surface area is 167 Å². The van der Waals surface area contributed by atoms with Gasteiger partial charge in [-0.2, -0.15) is 10.1 Å². The fraction of sp³-hybridized carbons (Fsp3) is 0.250. The van der Waals surface area contributed by atoms with E-state index in [0.29, 0.717) is 23.6 Å². The molecule has 0 unspecified atom stereocenters. The van der Waals surface area contributed by atoms with E-state index in [1.807, 2.05) is 24.0 Å². The number of amides is 1. The van der Waals surface area contributed by atoms with Gasteiger partial charge in [0.05, 0.1) is 28.6 Å². The maximum absolute atomic E-state index is 12.8. The van der Waals surface area contributed by atoms with E-state index in [1.54, 1.807) is 19.1 Å². The normalized spacial score (nSPS) is 15.0. The smallest absolute Gasteiger partial charge is 0.299 e. The molecule has 0 saturated carbocycles. The summed E-state index contributed by atoms with van der Waals surface area (Å²) in [5.74, 6) is -0.393. The molecule has 0 aromatic heterocycles. The molecular weight excluding hydrogens is 374 g/mol.